The Bertz CT molecular complexity index is 177. The molecule has 1 unspecified atom stereocenters. The van der Waals surface area contributed by atoms with Crippen LogP contribution in [0.25, 0.3) is 0 Å². The maximum atomic E-state index is 10.1. The van der Waals surface area contributed by atoms with Crippen molar-refractivity contribution >= 4 is 6.29 Å². The fraction of sp³-hybridized carbons (Fsp3) is 0.889. The summed E-state index contributed by atoms with van der Waals surface area (Å²) in [6.07, 6.45) is 2.38. The van der Waals surface area contributed by atoms with E-state index in [1.54, 1.807) is 0 Å². The van der Waals surface area contributed by atoms with Crippen molar-refractivity contribution in [2.24, 2.45) is 0 Å². The third-order valence-corrected chi connectivity index (χ3v) is 2.21. The molecule has 1 rings (SSSR count). The van der Waals surface area contributed by atoms with Crippen LogP contribution in [0.1, 0.15) is 33.1 Å². The van der Waals surface area contributed by atoms with Gasteiger partial charge in [0.15, 0.2) is 0 Å². The summed E-state index contributed by atoms with van der Waals surface area (Å²) in [6.45, 7) is 4.26. The Kier molecular flexibility index (Phi) is 2.54. The van der Waals surface area contributed by atoms with Gasteiger partial charge < -0.3 is 14.6 Å². The predicted octanol–water partition coefficient (Wildman–Crippen LogP) is 0.895. The van der Waals surface area contributed by atoms with E-state index in [9.17, 15) is 9.90 Å². The van der Waals surface area contributed by atoms with Crippen LogP contribution < -0.4 is 0 Å². The molecule has 0 aromatic carbocycles. The molecule has 0 radical (unpaired) electrons. The molecule has 0 bridgehead atoms. The van der Waals surface area contributed by atoms with Crippen molar-refractivity contribution in [1.82, 2.24) is 0 Å². The Labute approximate surface area is 72.7 Å². The van der Waals surface area contributed by atoms with Gasteiger partial charge >= 0.3 is 0 Å². The fourth-order valence-corrected chi connectivity index (χ4v) is 1.71. The second-order valence-electron chi connectivity index (χ2n) is 4.15. The molecule has 70 valence electrons. The van der Waals surface area contributed by atoms with Crippen LogP contribution in [0.2, 0.25) is 0 Å². The summed E-state index contributed by atoms with van der Waals surface area (Å²) >= 11 is 0. The summed E-state index contributed by atoms with van der Waals surface area (Å²) in [5, 5.41) is 9.87. The molecule has 3 heteroatoms. The van der Waals surface area contributed by atoms with Crippen LogP contribution in [0.15, 0.2) is 0 Å². The van der Waals surface area contributed by atoms with Crippen LogP contribution >= 0.6 is 0 Å². The van der Waals surface area contributed by atoms with Crippen LogP contribution in [0.5, 0.6) is 0 Å². The van der Waals surface area contributed by atoms with Gasteiger partial charge in [0.1, 0.15) is 6.29 Å². The quantitative estimate of drug-likeness (QED) is 0.643. The minimum atomic E-state index is -0.773. The molecule has 0 amide bonds. The van der Waals surface area contributed by atoms with Crippen molar-refractivity contribution in [3.8, 4) is 0 Å². The van der Waals surface area contributed by atoms with Crippen LogP contribution in [-0.2, 0) is 9.53 Å². The van der Waals surface area contributed by atoms with E-state index < -0.39 is 5.60 Å². The Hall–Kier alpha value is -0.410. The Morgan fingerprint density at radius 2 is 2.25 bits per heavy atom. The molecule has 0 aromatic heterocycles. The highest BCUT2D eigenvalue weighted by Gasteiger charge is 2.42. The summed E-state index contributed by atoms with van der Waals surface area (Å²) in [7, 11) is 0. The van der Waals surface area contributed by atoms with Gasteiger partial charge in [0.2, 0.25) is 0 Å². The lowest BCUT2D eigenvalue weighted by molar-refractivity contribution is -0.109. The number of hydrogen-bond acceptors (Lipinski definition) is 3. The second-order valence-corrected chi connectivity index (χ2v) is 4.15. The predicted molar refractivity (Wildman–Crippen MR) is 44.9 cm³/mol. The fourth-order valence-electron chi connectivity index (χ4n) is 1.71. The lowest BCUT2D eigenvalue weighted by atomic mass is 9.90. The zero-order valence-electron chi connectivity index (χ0n) is 7.67. The largest absolute Gasteiger partial charge is 0.387 e. The van der Waals surface area contributed by atoms with E-state index in [0.29, 0.717) is 25.9 Å². The highest BCUT2D eigenvalue weighted by molar-refractivity contribution is 5.49. The lowest BCUT2D eigenvalue weighted by Crippen LogP contribution is -2.30. The molecule has 1 aliphatic rings. The number of ether oxygens (including phenoxy) is 1. The van der Waals surface area contributed by atoms with Gasteiger partial charge in [-0.15, -0.1) is 0 Å². The molecule has 1 atom stereocenters. The summed E-state index contributed by atoms with van der Waals surface area (Å²) in [6, 6.07) is 0. The molecule has 1 heterocycles. The van der Waals surface area contributed by atoms with E-state index in [1.807, 2.05) is 13.8 Å². The summed E-state index contributed by atoms with van der Waals surface area (Å²) in [5.74, 6) is 0. The average Bonchev–Trinajstić information content (AvgIpc) is 2.23. The first-order valence-electron chi connectivity index (χ1n) is 4.27. The van der Waals surface area contributed by atoms with Gasteiger partial charge in [-0.2, -0.15) is 0 Å². The number of hydrogen-bond donors (Lipinski definition) is 1. The average molecular weight is 172 g/mol. The molecule has 0 saturated carbocycles. The maximum Gasteiger partial charge on any atom is 0.120 e. The SMILES string of the molecule is CC1(C)CC(O)(CCC=O)CO1. The number of carbonyl (C=O) groups excluding carboxylic acids is 1. The van der Waals surface area contributed by atoms with E-state index >= 15 is 0 Å². The summed E-state index contributed by atoms with van der Waals surface area (Å²) in [5.41, 5.74) is -1.01. The second kappa shape index (κ2) is 3.15. The standard InChI is InChI=1S/C9H16O3/c1-8(2)6-9(11,7-12-8)4-3-5-10/h5,11H,3-4,6-7H2,1-2H3. The van der Waals surface area contributed by atoms with E-state index in [2.05, 4.69) is 0 Å². The molecule has 3 nitrogen and oxygen atoms in total. The van der Waals surface area contributed by atoms with Gasteiger partial charge in [0, 0.05) is 12.8 Å². The minimum absolute atomic E-state index is 0.238. The third-order valence-electron chi connectivity index (χ3n) is 2.21. The molecule has 1 fully saturated rings. The molecule has 1 N–H and O–H groups in total. The summed E-state index contributed by atoms with van der Waals surface area (Å²) in [4.78, 5) is 10.1. The van der Waals surface area contributed by atoms with E-state index in [1.165, 1.54) is 0 Å². The zero-order chi connectivity index (χ0) is 9.24. The molecular weight excluding hydrogens is 156 g/mol. The van der Waals surface area contributed by atoms with Crippen molar-refractivity contribution in [3.05, 3.63) is 0 Å². The number of aldehydes is 1. The number of aliphatic hydroxyl groups is 1. The van der Waals surface area contributed by atoms with Gasteiger partial charge in [0.05, 0.1) is 17.8 Å². The van der Waals surface area contributed by atoms with Crippen molar-refractivity contribution in [2.45, 2.75) is 44.3 Å². The zero-order valence-corrected chi connectivity index (χ0v) is 7.67. The van der Waals surface area contributed by atoms with E-state index in [-0.39, 0.29) is 5.60 Å². The first-order valence-corrected chi connectivity index (χ1v) is 4.27. The first kappa shape index (κ1) is 9.68. The van der Waals surface area contributed by atoms with Crippen LogP contribution in [0, 0.1) is 0 Å². The molecule has 12 heavy (non-hydrogen) atoms. The topological polar surface area (TPSA) is 46.5 Å². The number of rotatable bonds is 3. The minimum Gasteiger partial charge on any atom is -0.387 e. The Morgan fingerprint density at radius 3 is 2.67 bits per heavy atom. The number of carbonyl (C=O) groups is 1. The van der Waals surface area contributed by atoms with Crippen molar-refractivity contribution < 1.29 is 14.6 Å². The molecule has 1 aliphatic heterocycles. The van der Waals surface area contributed by atoms with Crippen molar-refractivity contribution in [3.63, 3.8) is 0 Å². The summed E-state index contributed by atoms with van der Waals surface area (Å²) < 4.78 is 5.39. The van der Waals surface area contributed by atoms with Gasteiger partial charge in [-0.3, -0.25) is 0 Å². The van der Waals surface area contributed by atoms with Gasteiger partial charge in [-0.25, -0.2) is 0 Å². The smallest absolute Gasteiger partial charge is 0.120 e. The van der Waals surface area contributed by atoms with Crippen LogP contribution in [-0.4, -0.2) is 29.2 Å². The van der Waals surface area contributed by atoms with E-state index in [4.69, 9.17) is 4.74 Å². The van der Waals surface area contributed by atoms with Crippen LogP contribution in [0.4, 0.5) is 0 Å². The molecule has 0 spiro atoms. The highest BCUT2D eigenvalue weighted by atomic mass is 16.5. The van der Waals surface area contributed by atoms with E-state index in [0.717, 1.165) is 6.29 Å². The third kappa shape index (κ3) is 2.29. The van der Waals surface area contributed by atoms with Crippen molar-refractivity contribution in [1.29, 1.82) is 0 Å². The highest BCUT2D eigenvalue weighted by Crippen LogP contribution is 2.34. The maximum absolute atomic E-state index is 10.1. The normalized spacial score (nSPS) is 33.6. The lowest BCUT2D eigenvalue weighted by Gasteiger charge is -2.21. The molecule has 0 aromatic rings. The monoisotopic (exact) mass is 172 g/mol. The first-order chi connectivity index (χ1) is 5.47. The van der Waals surface area contributed by atoms with Gasteiger partial charge in [0.25, 0.3) is 0 Å². The van der Waals surface area contributed by atoms with Gasteiger partial charge in [-0.05, 0) is 20.3 Å². The Balaban J connectivity index is 2.46. The van der Waals surface area contributed by atoms with Crippen LogP contribution in [0.3, 0.4) is 0 Å². The molecular formula is C9H16O3. The Morgan fingerprint density at radius 1 is 1.58 bits per heavy atom. The van der Waals surface area contributed by atoms with Gasteiger partial charge in [-0.1, -0.05) is 0 Å². The molecule has 0 aliphatic carbocycles. The molecule has 1 saturated heterocycles. The van der Waals surface area contributed by atoms with Crippen molar-refractivity contribution in [2.75, 3.05) is 6.61 Å².